The number of hydrogen-bond acceptors (Lipinski definition) is 6. The SMILES string of the molecule is CC(C)(C)C1=NCCc2ccc(C#Cc3cc(-c4nn(CC(O)CN5CCCCC5)c5c4CN(S(C)(=O)=O)CC5)ccc3Cl)cc21. The van der Waals surface area contributed by atoms with Gasteiger partial charge in [-0.15, -0.1) is 0 Å². The number of nitrogens with zero attached hydrogens (tertiary/aromatic N) is 5. The molecule has 0 spiro atoms. The first-order valence-electron chi connectivity index (χ1n) is 16.3. The van der Waals surface area contributed by atoms with E-state index < -0.39 is 16.1 Å². The van der Waals surface area contributed by atoms with Crippen LogP contribution in [0, 0.1) is 17.3 Å². The topological polar surface area (TPSA) is 91.0 Å². The summed E-state index contributed by atoms with van der Waals surface area (Å²) in [6.07, 6.45) is 5.70. The number of halogens is 1. The van der Waals surface area contributed by atoms with Gasteiger partial charge < -0.3 is 10.0 Å². The maximum atomic E-state index is 12.5. The van der Waals surface area contributed by atoms with E-state index in [0.717, 1.165) is 67.0 Å². The first-order valence-corrected chi connectivity index (χ1v) is 18.5. The summed E-state index contributed by atoms with van der Waals surface area (Å²) in [5.74, 6) is 6.61. The number of likely N-dealkylation sites (tertiary alicyclic amines) is 1. The van der Waals surface area contributed by atoms with E-state index in [4.69, 9.17) is 21.7 Å². The fourth-order valence-corrected chi connectivity index (χ4v) is 7.80. The molecule has 2 aromatic carbocycles. The molecule has 0 aliphatic carbocycles. The third-order valence-electron chi connectivity index (χ3n) is 9.18. The van der Waals surface area contributed by atoms with E-state index in [2.05, 4.69) is 55.7 Å². The Labute approximate surface area is 278 Å². The van der Waals surface area contributed by atoms with Crippen molar-refractivity contribution in [2.45, 2.75) is 72.1 Å². The lowest BCUT2D eigenvalue weighted by Crippen LogP contribution is -2.39. The van der Waals surface area contributed by atoms with Crippen LogP contribution in [0.2, 0.25) is 5.02 Å². The summed E-state index contributed by atoms with van der Waals surface area (Å²) in [5.41, 5.74) is 8.45. The van der Waals surface area contributed by atoms with Gasteiger partial charge in [0.05, 0.1) is 29.6 Å². The Morgan fingerprint density at radius 2 is 1.78 bits per heavy atom. The zero-order chi connectivity index (χ0) is 32.6. The molecule has 1 fully saturated rings. The molecule has 6 rings (SSSR count). The first-order chi connectivity index (χ1) is 21.9. The fourth-order valence-electron chi connectivity index (χ4n) is 6.84. The molecular weight excluding hydrogens is 618 g/mol. The summed E-state index contributed by atoms with van der Waals surface area (Å²) in [7, 11) is -3.39. The Bertz CT molecular complexity index is 1820. The molecule has 244 valence electrons. The average Bonchev–Trinajstić information content (AvgIpc) is 3.37. The Balaban J connectivity index is 1.32. The lowest BCUT2D eigenvalue weighted by molar-refractivity contribution is 0.0847. The summed E-state index contributed by atoms with van der Waals surface area (Å²) in [4.78, 5) is 7.16. The van der Waals surface area contributed by atoms with Gasteiger partial charge in [-0.3, -0.25) is 9.67 Å². The molecule has 46 heavy (non-hydrogen) atoms. The summed E-state index contributed by atoms with van der Waals surface area (Å²) >= 11 is 6.67. The van der Waals surface area contributed by atoms with Crippen LogP contribution in [0.3, 0.4) is 0 Å². The Morgan fingerprint density at radius 3 is 2.52 bits per heavy atom. The molecular formula is C36H44ClN5O3S. The summed E-state index contributed by atoms with van der Waals surface area (Å²) in [5, 5.41) is 16.6. The second-order valence-corrected chi connectivity index (χ2v) is 16.3. The van der Waals surface area contributed by atoms with Crippen LogP contribution in [0.4, 0.5) is 0 Å². The monoisotopic (exact) mass is 661 g/mol. The van der Waals surface area contributed by atoms with Gasteiger partial charge in [-0.2, -0.15) is 9.40 Å². The van der Waals surface area contributed by atoms with Crippen LogP contribution in [0.15, 0.2) is 41.4 Å². The summed E-state index contributed by atoms with van der Waals surface area (Å²) in [6, 6.07) is 12.0. The van der Waals surface area contributed by atoms with Gasteiger partial charge in [0, 0.05) is 77.2 Å². The third-order valence-corrected chi connectivity index (χ3v) is 10.8. The van der Waals surface area contributed by atoms with Crippen LogP contribution in [0.5, 0.6) is 0 Å². The van der Waals surface area contributed by atoms with Crippen LogP contribution in [0.25, 0.3) is 11.3 Å². The molecule has 0 amide bonds. The van der Waals surface area contributed by atoms with Crippen LogP contribution < -0.4 is 0 Å². The summed E-state index contributed by atoms with van der Waals surface area (Å²) in [6.45, 7) is 11.0. The first kappa shape index (κ1) is 32.9. The molecule has 1 saturated heterocycles. The maximum Gasteiger partial charge on any atom is 0.211 e. The van der Waals surface area contributed by atoms with Gasteiger partial charge in [-0.25, -0.2) is 8.42 Å². The zero-order valence-corrected chi connectivity index (χ0v) is 28.9. The van der Waals surface area contributed by atoms with Crippen molar-refractivity contribution < 1.29 is 13.5 Å². The Kier molecular flexibility index (Phi) is 9.48. The van der Waals surface area contributed by atoms with Gasteiger partial charge in [-0.05, 0) is 62.2 Å². The van der Waals surface area contributed by atoms with Crippen molar-refractivity contribution in [3.05, 3.63) is 74.9 Å². The predicted octanol–water partition coefficient (Wildman–Crippen LogP) is 5.16. The number of aliphatic hydroxyl groups is 1. The normalized spacial score (nSPS) is 18.3. The molecule has 1 N–H and O–H groups in total. The van der Waals surface area contributed by atoms with E-state index in [9.17, 15) is 13.5 Å². The van der Waals surface area contributed by atoms with E-state index in [1.807, 2.05) is 22.9 Å². The lowest BCUT2D eigenvalue weighted by Gasteiger charge is -2.29. The molecule has 0 radical (unpaired) electrons. The van der Waals surface area contributed by atoms with Crippen LogP contribution >= 0.6 is 11.6 Å². The Morgan fingerprint density at radius 1 is 1.00 bits per heavy atom. The van der Waals surface area contributed by atoms with Gasteiger partial charge >= 0.3 is 0 Å². The van der Waals surface area contributed by atoms with Crippen LogP contribution in [0.1, 0.15) is 73.5 Å². The number of aromatic nitrogens is 2. The number of benzene rings is 2. The van der Waals surface area contributed by atoms with Crippen LogP contribution in [-0.4, -0.2) is 83.3 Å². The minimum absolute atomic E-state index is 0.0579. The largest absolute Gasteiger partial charge is 0.390 e. The van der Waals surface area contributed by atoms with E-state index in [0.29, 0.717) is 42.3 Å². The van der Waals surface area contributed by atoms with Crippen LogP contribution in [-0.2, 0) is 36.0 Å². The molecule has 10 heteroatoms. The number of piperidine rings is 1. The number of aliphatic imine (C=N–C) groups is 1. The molecule has 0 saturated carbocycles. The van der Waals surface area contributed by atoms with Crippen molar-refractivity contribution in [1.82, 2.24) is 19.0 Å². The van der Waals surface area contributed by atoms with E-state index in [-0.39, 0.29) is 12.0 Å². The van der Waals surface area contributed by atoms with Crippen molar-refractivity contribution in [3.8, 4) is 23.1 Å². The minimum Gasteiger partial charge on any atom is -0.390 e. The second kappa shape index (κ2) is 13.2. The summed E-state index contributed by atoms with van der Waals surface area (Å²) < 4.78 is 28.5. The Hall–Kier alpha value is -3.00. The van der Waals surface area contributed by atoms with Gasteiger partial charge in [0.1, 0.15) is 0 Å². The highest BCUT2D eigenvalue weighted by atomic mass is 35.5. The highest BCUT2D eigenvalue weighted by Crippen LogP contribution is 2.33. The molecule has 3 aliphatic rings. The van der Waals surface area contributed by atoms with Crippen molar-refractivity contribution in [1.29, 1.82) is 0 Å². The standard InChI is InChI=1S/C36H44ClN5O3S/c1-36(2,3)35-30-20-25(8-10-26(30)14-16-38-35)9-11-27-21-28(12-13-32(27)37)34-31-24-41(46(4,44)45)19-15-33(31)42(39-34)23-29(43)22-40-17-6-5-7-18-40/h8,10,12-13,20-21,29,43H,5-7,14-19,22-24H2,1-4H3. The van der Waals surface area contributed by atoms with Crippen molar-refractivity contribution in [3.63, 3.8) is 0 Å². The van der Waals surface area contributed by atoms with Gasteiger partial charge in [0.25, 0.3) is 0 Å². The number of hydrogen-bond donors (Lipinski definition) is 1. The maximum absolute atomic E-state index is 12.5. The number of rotatable bonds is 6. The number of aliphatic hydroxyl groups excluding tert-OH is 1. The number of sulfonamides is 1. The average molecular weight is 662 g/mol. The van der Waals surface area contributed by atoms with E-state index in [1.54, 1.807) is 0 Å². The number of β-amino-alcohol motifs (C(OH)–C–C–N with tert-alkyl or cyclic N) is 1. The van der Waals surface area contributed by atoms with E-state index >= 15 is 0 Å². The van der Waals surface area contributed by atoms with Gasteiger partial charge in [-0.1, -0.05) is 62.8 Å². The highest BCUT2D eigenvalue weighted by molar-refractivity contribution is 7.88. The quantitative estimate of drug-likeness (QED) is 0.369. The van der Waals surface area contributed by atoms with Crippen molar-refractivity contribution in [2.24, 2.45) is 10.4 Å². The molecule has 1 aromatic heterocycles. The van der Waals surface area contributed by atoms with Gasteiger partial charge in [0.2, 0.25) is 10.0 Å². The fraction of sp³-hybridized carbons (Fsp3) is 0.500. The highest BCUT2D eigenvalue weighted by Gasteiger charge is 2.31. The molecule has 3 aliphatic heterocycles. The molecule has 0 bridgehead atoms. The second-order valence-electron chi connectivity index (χ2n) is 13.9. The zero-order valence-electron chi connectivity index (χ0n) is 27.3. The van der Waals surface area contributed by atoms with Gasteiger partial charge in [0.15, 0.2) is 0 Å². The molecule has 3 aromatic rings. The smallest absolute Gasteiger partial charge is 0.211 e. The van der Waals surface area contributed by atoms with E-state index in [1.165, 1.54) is 28.1 Å². The molecule has 4 heterocycles. The molecule has 1 atom stereocenters. The number of fused-ring (bicyclic) bond motifs is 2. The van der Waals surface area contributed by atoms with Crippen molar-refractivity contribution >= 4 is 27.3 Å². The predicted molar refractivity (Wildman–Crippen MR) is 185 cm³/mol. The molecule has 8 nitrogen and oxygen atoms in total. The third kappa shape index (κ3) is 7.27. The molecule has 1 unspecified atom stereocenters. The van der Waals surface area contributed by atoms with Crippen molar-refractivity contribution in [2.75, 3.05) is 39.0 Å². The lowest BCUT2D eigenvalue weighted by atomic mass is 9.81. The minimum atomic E-state index is -3.39.